The topological polar surface area (TPSA) is 70.0 Å². The van der Waals surface area contributed by atoms with Crippen molar-refractivity contribution in [1.29, 1.82) is 5.26 Å². The first-order chi connectivity index (χ1) is 12.7. The molecular formula is C21H21ClN2O2S. The number of anilines is 1. The van der Waals surface area contributed by atoms with E-state index in [2.05, 4.69) is 17.3 Å². The highest BCUT2D eigenvalue weighted by Crippen LogP contribution is 2.68. The van der Waals surface area contributed by atoms with Crippen LogP contribution in [0, 0.1) is 27.4 Å². The Morgan fingerprint density at radius 1 is 1.37 bits per heavy atom. The number of nitriles is 1. The van der Waals surface area contributed by atoms with Crippen LogP contribution in [0.3, 0.4) is 0 Å². The number of thioether (sulfide) groups is 1. The van der Waals surface area contributed by atoms with Gasteiger partial charge in [-0.25, -0.2) is 0 Å². The monoisotopic (exact) mass is 400 g/mol. The molecule has 0 radical (unpaired) electrons. The molecule has 140 valence electrons. The average Bonchev–Trinajstić information content (AvgIpc) is 2.95. The third-order valence-electron chi connectivity index (χ3n) is 7.07. The summed E-state index contributed by atoms with van der Waals surface area (Å²) in [5.41, 5.74) is 0.851. The van der Waals surface area contributed by atoms with Crippen LogP contribution in [0.25, 0.3) is 0 Å². The second kappa shape index (κ2) is 5.62. The normalized spacial score (nSPS) is 38.4. The molecule has 2 bridgehead atoms. The first-order valence-corrected chi connectivity index (χ1v) is 10.3. The largest absolute Gasteiger partial charge is 0.325 e. The lowest BCUT2D eigenvalue weighted by Crippen LogP contribution is -2.59. The van der Waals surface area contributed by atoms with E-state index in [0.717, 1.165) is 28.6 Å². The van der Waals surface area contributed by atoms with Crippen LogP contribution in [-0.2, 0) is 14.3 Å². The lowest BCUT2D eigenvalue weighted by Gasteiger charge is -2.53. The molecule has 1 heterocycles. The zero-order chi connectivity index (χ0) is 19.8. The van der Waals surface area contributed by atoms with Gasteiger partial charge in [-0.3, -0.25) is 9.59 Å². The molecule has 0 saturated heterocycles. The third-order valence-corrected chi connectivity index (χ3v) is 8.96. The first kappa shape index (κ1) is 18.6. The summed E-state index contributed by atoms with van der Waals surface area (Å²) in [5, 5.41) is 14.5. The fraction of sp³-hybridized carbons (Fsp3) is 0.476. The van der Waals surface area contributed by atoms with Crippen LogP contribution in [0.5, 0.6) is 0 Å². The number of carbonyl (C=O) groups excluding carboxylic acids is 2. The quantitative estimate of drug-likeness (QED) is 0.448. The lowest BCUT2D eigenvalue weighted by atomic mass is 9.56. The molecule has 0 aromatic heterocycles. The van der Waals surface area contributed by atoms with Gasteiger partial charge in [-0.05, 0) is 40.8 Å². The third kappa shape index (κ3) is 1.96. The highest BCUT2D eigenvalue weighted by molar-refractivity contribution is 8.05. The van der Waals surface area contributed by atoms with E-state index in [0.29, 0.717) is 6.42 Å². The van der Waals surface area contributed by atoms with Crippen molar-refractivity contribution in [2.45, 2.75) is 43.2 Å². The average molecular weight is 401 g/mol. The fourth-order valence-corrected chi connectivity index (χ4v) is 7.06. The van der Waals surface area contributed by atoms with E-state index in [1.807, 2.05) is 39.0 Å². The maximum Gasteiger partial charge on any atom is 0.232 e. The predicted molar refractivity (Wildman–Crippen MR) is 108 cm³/mol. The van der Waals surface area contributed by atoms with Crippen molar-refractivity contribution in [1.82, 2.24) is 0 Å². The second-order valence-electron chi connectivity index (χ2n) is 8.49. The highest BCUT2D eigenvalue weighted by atomic mass is 35.5. The number of ketones is 1. The van der Waals surface area contributed by atoms with E-state index in [1.165, 1.54) is 0 Å². The number of Topliss-reactive ketones (excluding diaryl/α,β-unsaturated/α-hetero) is 1. The van der Waals surface area contributed by atoms with Crippen LogP contribution in [-0.4, -0.2) is 17.1 Å². The minimum Gasteiger partial charge on any atom is -0.325 e. The zero-order valence-electron chi connectivity index (χ0n) is 15.5. The number of fused-ring (bicyclic) bond motifs is 3. The number of hydrogen-bond acceptors (Lipinski definition) is 4. The van der Waals surface area contributed by atoms with Crippen LogP contribution < -0.4 is 5.32 Å². The van der Waals surface area contributed by atoms with Gasteiger partial charge in [0, 0.05) is 22.4 Å². The van der Waals surface area contributed by atoms with Crippen molar-refractivity contribution in [2.75, 3.05) is 5.32 Å². The molecule has 6 heteroatoms. The SMILES string of the molecule is C=C[C@]1(C)[C@H](Cl)C[C@H]2C(=O)[C@]1(SC#N)c1cccc3c1[C@H](C(=O)N3)C2(C)C. The number of nitrogens with zero attached hydrogens (tertiary/aromatic N) is 1. The minimum atomic E-state index is -1.19. The van der Waals surface area contributed by atoms with E-state index in [4.69, 9.17) is 11.6 Å². The van der Waals surface area contributed by atoms with Gasteiger partial charge in [0.15, 0.2) is 5.78 Å². The molecule has 3 aliphatic rings. The Morgan fingerprint density at radius 3 is 2.70 bits per heavy atom. The van der Waals surface area contributed by atoms with Gasteiger partial charge in [0.2, 0.25) is 5.91 Å². The summed E-state index contributed by atoms with van der Waals surface area (Å²) < 4.78 is -1.19. The van der Waals surface area contributed by atoms with Gasteiger partial charge in [-0.15, -0.1) is 18.2 Å². The number of hydrogen-bond donors (Lipinski definition) is 1. The van der Waals surface area contributed by atoms with Crippen LogP contribution in [0.15, 0.2) is 30.9 Å². The maximum atomic E-state index is 14.0. The number of allylic oxidation sites excluding steroid dienone is 1. The summed E-state index contributed by atoms with van der Waals surface area (Å²) in [6, 6.07) is 5.57. The van der Waals surface area contributed by atoms with Crippen LogP contribution in [0.1, 0.15) is 44.2 Å². The Balaban J connectivity index is 2.19. The summed E-state index contributed by atoms with van der Waals surface area (Å²) in [6.45, 7) is 9.84. The number of rotatable bonds is 2. The molecule has 0 spiro atoms. The number of thiocyanates is 1. The Morgan fingerprint density at radius 2 is 2.07 bits per heavy atom. The van der Waals surface area contributed by atoms with Crippen molar-refractivity contribution in [3.63, 3.8) is 0 Å². The smallest absolute Gasteiger partial charge is 0.232 e. The molecule has 4 rings (SSSR count). The van der Waals surface area contributed by atoms with Crippen molar-refractivity contribution in [3.8, 4) is 5.40 Å². The van der Waals surface area contributed by atoms with E-state index >= 15 is 0 Å². The van der Waals surface area contributed by atoms with Gasteiger partial charge in [0.05, 0.1) is 5.92 Å². The molecule has 4 nitrogen and oxygen atoms in total. The molecule has 0 unspecified atom stereocenters. The van der Waals surface area contributed by atoms with Crippen LogP contribution >= 0.6 is 23.4 Å². The summed E-state index contributed by atoms with van der Waals surface area (Å²) in [5.74, 6) is -0.988. The summed E-state index contributed by atoms with van der Waals surface area (Å²) >= 11 is 7.83. The molecule has 1 aromatic carbocycles. The van der Waals surface area contributed by atoms with Gasteiger partial charge in [0.1, 0.15) is 10.1 Å². The molecule has 27 heavy (non-hydrogen) atoms. The highest BCUT2D eigenvalue weighted by Gasteiger charge is 2.69. The van der Waals surface area contributed by atoms with Crippen molar-refractivity contribution in [3.05, 3.63) is 42.0 Å². The maximum absolute atomic E-state index is 14.0. The molecule has 1 amide bonds. The molecule has 1 saturated carbocycles. The van der Waals surface area contributed by atoms with Crippen LogP contribution in [0.2, 0.25) is 0 Å². The first-order valence-electron chi connectivity index (χ1n) is 9.00. The number of amides is 1. The number of alkyl halides is 1. The van der Waals surface area contributed by atoms with E-state index in [1.54, 1.807) is 6.08 Å². The van der Waals surface area contributed by atoms with Crippen molar-refractivity contribution >= 4 is 40.7 Å². The molecule has 2 aliphatic carbocycles. The lowest BCUT2D eigenvalue weighted by molar-refractivity contribution is -0.136. The van der Waals surface area contributed by atoms with Gasteiger partial charge in [-0.2, -0.15) is 5.26 Å². The van der Waals surface area contributed by atoms with Gasteiger partial charge < -0.3 is 5.32 Å². The number of carbonyl (C=O) groups is 2. The van der Waals surface area contributed by atoms with Gasteiger partial charge in [-0.1, -0.05) is 39.0 Å². The molecular weight excluding hydrogens is 380 g/mol. The van der Waals surface area contributed by atoms with E-state index in [-0.39, 0.29) is 17.1 Å². The van der Waals surface area contributed by atoms with E-state index in [9.17, 15) is 14.9 Å². The van der Waals surface area contributed by atoms with Gasteiger partial charge in [0.25, 0.3) is 0 Å². The Bertz CT molecular complexity index is 937. The zero-order valence-corrected chi connectivity index (χ0v) is 17.1. The Labute approximate surface area is 168 Å². The van der Waals surface area contributed by atoms with Crippen molar-refractivity contribution < 1.29 is 9.59 Å². The standard InChI is InChI=1S/C21H21ClN2O2S/c1-5-20(4)14(22)9-12-17(25)21(20,27-10-23)11-7-6-8-13-15(11)16(18(26)24-13)19(12,2)3/h5-8,12,14,16H,1,9H2,2-4H3,(H,24,26)/t12-,14+,16+,20+,21+/m0/s1. The Kier molecular flexibility index (Phi) is 3.87. The number of benzene rings is 1. The minimum absolute atomic E-state index is 0.0195. The number of halogens is 1. The molecule has 1 fully saturated rings. The molecule has 1 aromatic rings. The second-order valence-corrected chi connectivity index (χ2v) is 10.0. The molecule has 1 N–H and O–H groups in total. The fourth-order valence-electron chi connectivity index (χ4n) is 5.45. The van der Waals surface area contributed by atoms with Crippen LogP contribution in [0.4, 0.5) is 5.69 Å². The van der Waals surface area contributed by atoms with Crippen molar-refractivity contribution in [2.24, 2.45) is 16.7 Å². The summed E-state index contributed by atoms with van der Waals surface area (Å²) in [6.07, 6.45) is 2.18. The summed E-state index contributed by atoms with van der Waals surface area (Å²) in [7, 11) is 0. The van der Waals surface area contributed by atoms with Gasteiger partial charge >= 0.3 is 0 Å². The summed E-state index contributed by atoms with van der Waals surface area (Å²) in [4.78, 5) is 27.0. The number of nitrogens with one attached hydrogen (secondary N) is 1. The predicted octanol–water partition coefficient (Wildman–Crippen LogP) is 4.56. The van der Waals surface area contributed by atoms with E-state index < -0.39 is 27.4 Å². The molecule has 1 aliphatic heterocycles. The molecule has 5 atom stereocenters. The Hall–Kier alpha value is -1.77.